The van der Waals surface area contributed by atoms with Crippen molar-refractivity contribution in [2.75, 3.05) is 39.3 Å². The van der Waals surface area contributed by atoms with E-state index in [0.717, 1.165) is 63.4 Å². The molecule has 5 heteroatoms. The molecule has 29 heavy (non-hydrogen) atoms. The molecule has 1 heterocycles. The summed E-state index contributed by atoms with van der Waals surface area (Å²) < 4.78 is 5.85. The lowest BCUT2D eigenvalue weighted by atomic mass is 10.1. The summed E-state index contributed by atoms with van der Waals surface area (Å²) in [5.74, 6) is 1.56. The van der Waals surface area contributed by atoms with Crippen molar-refractivity contribution in [1.82, 2.24) is 15.5 Å². The molecule has 1 saturated carbocycles. The van der Waals surface area contributed by atoms with Crippen LogP contribution in [-0.2, 0) is 11.4 Å². The van der Waals surface area contributed by atoms with E-state index in [1.165, 1.54) is 5.56 Å². The van der Waals surface area contributed by atoms with E-state index >= 15 is 0 Å². The summed E-state index contributed by atoms with van der Waals surface area (Å²) >= 11 is 0. The quantitative estimate of drug-likeness (QED) is 0.644. The molecule has 2 unspecified atom stereocenters. The van der Waals surface area contributed by atoms with Gasteiger partial charge in [0.25, 0.3) is 0 Å². The van der Waals surface area contributed by atoms with Crippen molar-refractivity contribution in [3.63, 3.8) is 0 Å². The van der Waals surface area contributed by atoms with Crippen LogP contribution in [0.4, 0.5) is 0 Å². The number of benzene rings is 2. The van der Waals surface area contributed by atoms with Crippen LogP contribution in [0.1, 0.15) is 29.9 Å². The van der Waals surface area contributed by atoms with E-state index < -0.39 is 0 Å². The first-order chi connectivity index (χ1) is 14.3. The number of piperazine rings is 1. The van der Waals surface area contributed by atoms with Crippen LogP contribution in [0.2, 0.25) is 0 Å². The highest BCUT2D eigenvalue weighted by Crippen LogP contribution is 2.47. The van der Waals surface area contributed by atoms with Crippen molar-refractivity contribution >= 4 is 5.91 Å². The first kappa shape index (κ1) is 19.9. The number of amides is 1. The highest BCUT2D eigenvalue weighted by molar-refractivity contribution is 5.82. The molecule has 0 aromatic heterocycles. The Kier molecular flexibility index (Phi) is 6.80. The maximum Gasteiger partial charge on any atom is 0.223 e. The summed E-state index contributed by atoms with van der Waals surface area (Å²) in [4.78, 5) is 14.9. The van der Waals surface area contributed by atoms with Gasteiger partial charge < -0.3 is 20.3 Å². The van der Waals surface area contributed by atoms with E-state index in [0.29, 0.717) is 12.5 Å². The molecule has 5 nitrogen and oxygen atoms in total. The van der Waals surface area contributed by atoms with Crippen molar-refractivity contribution < 1.29 is 9.53 Å². The molecule has 0 radical (unpaired) electrons. The third-order valence-electron chi connectivity index (χ3n) is 5.84. The van der Waals surface area contributed by atoms with Crippen LogP contribution < -0.4 is 15.4 Å². The second kappa shape index (κ2) is 9.90. The number of carbonyl (C=O) groups excluding carboxylic acids is 1. The minimum atomic E-state index is 0.130. The van der Waals surface area contributed by atoms with Gasteiger partial charge in [0.05, 0.1) is 0 Å². The number of hydrogen-bond acceptors (Lipinski definition) is 4. The minimum Gasteiger partial charge on any atom is -0.489 e. The number of ether oxygens (including phenoxy) is 1. The molecule has 154 valence electrons. The lowest BCUT2D eigenvalue weighted by Gasteiger charge is -2.27. The standard InChI is InChI=1S/C24H31N3O2/c28-24(26-11-4-14-27-15-12-25-13-16-27)23-17-22(23)20-7-9-21(10-8-20)29-18-19-5-2-1-3-6-19/h1-3,5-10,22-23,25H,4,11-18H2,(H,26,28). The number of carbonyl (C=O) groups is 1. The van der Waals surface area contributed by atoms with E-state index in [9.17, 15) is 4.79 Å². The molecule has 0 spiro atoms. The number of hydrogen-bond donors (Lipinski definition) is 2. The van der Waals surface area contributed by atoms with Gasteiger partial charge in [0.15, 0.2) is 0 Å². The molecule has 1 saturated heterocycles. The van der Waals surface area contributed by atoms with E-state index in [-0.39, 0.29) is 11.8 Å². The zero-order valence-electron chi connectivity index (χ0n) is 17.0. The van der Waals surface area contributed by atoms with E-state index in [2.05, 4.69) is 39.8 Å². The van der Waals surface area contributed by atoms with Crippen molar-refractivity contribution in [3.05, 3.63) is 65.7 Å². The largest absolute Gasteiger partial charge is 0.489 e. The number of rotatable bonds is 9. The summed E-state index contributed by atoms with van der Waals surface area (Å²) in [5.41, 5.74) is 2.39. The predicted molar refractivity (Wildman–Crippen MR) is 115 cm³/mol. The summed E-state index contributed by atoms with van der Waals surface area (Å²) in [5, 5.41) is 6.49. The molecule has 2 aromatic rings. The topological polar surface area (TPSA) is 53.6 Å². The Balaban J connectivity index is 1.16. The highest BCUT2D eigenvalue weighted by atomic mass is 16.5. The molecule has 2 fully saturated rings. The molecule has 2 atom stereocenters. The smallest absolute Gasteiger partial charge is 0.223 e. The Morgan fingerprint density at radius 2 is 1.83 bits per heavy atom. The highest BCUT2D eigenvalue weighted by Gasteiger charge is 2.43. The van der Waals surface area contributed by atoms with Gasteiger partial charge in [0, 0.05) is 38.6 Å². The Morgan fingerprint density at radius 1 is 1.07 bits per heavy atom. The minimum absolute atomic E-state index is 0.130. The van der Waals surface area contributed by atoms with Gasteiger partial charge in [-0.3, -0.25) is 4.79 Å². The van der Waals surface area contributed by atoms with Gasteiger partial charge in [-0.05, 0) is 48.6 Å². The van der Waals surface area contributed by atoms with E-state index in [1.807, 2.05) is 30.3 Å². The molecule has 4 rings (SSSR count). The fourth-order valence-electron chi connectivity index (χ4n) is 3.99. The van der Waals surface area contributed by atoms with Gasteiger partial charge in [-0.1, -0.05) is 42.5 Å². The van der Waals surface area contributed by atoms with Crippen LogP contribution in [0.15, 0.2) is 54.6 Å². The van der Waals surface area contributed by atoms with Gasteiger partial charge in [-0.2, -0.15) is 0 Å². The summed E-state index contributed by atoms with van der Waals surface area (Å²) in [6.07, 6.45) is 1.98. The number of nitrogens with zero attached hydrogens (tertiary/aromatic N) is 1. The second-order valence-corrected chi connectivity index (χ2v) is 8.03. The monoisotopic (exact) mass is 393 g/mol. The maximum absolute atomic E-state index is 12.4. The zero-order chi connectivity index (χ0) is 19.9. The summed E-state index contributed by atoms with van der Waals surface area (Å²) in [6, 6.07) is 18.4. The van der Waals surface area contributed by atoms with Crippen molar-refractivity contribution in [2.24, 2.45) is 5.92 Å². The fourth-order valence-corrected chi connectivity index (χ4v) is 3.99. The molecule has 0 bridgehead atoms. The van der Waals surface area contributed by atoms with E-state index in [4.69, 9.17) is 4.74 Å². The predicted octanol–water partition coefficient (Wildman–Crippen LogP) is 2.78. The van der Waals surface area contributed by atoms with Crippen molar-refractivity contribution in [1.29, 1.82) is 0 Å². The zero-order valence-corrected chi connectivity index (χ0v) is 17.0. The Hall–Kier alpha value is -2.37. The van der Waals surface area contributed by atoms with Crippen LogP contribution in [0.25, 0.3) is 0 Å². The van der Waals surface area contributed by atoms with Crippen LogP contribution >= 0.6 is 0 Å². The molecular formula is C24H31N3O2. The fraction of sp³-hybridized carbons (Fsp3) is 0.458. The Morgan fingerprint density at radius 3 is 2.59 bits per heavy atom. The van der Waals surface area contributed by atoms with Crippen molar-refractivity contribution in [3.8, 4) is 5.75 Å². The SMILES string of the molecule is O=C(NCCCN1CCNCC1)C1CC1c1ccc(OCc2ccccc2)cc1. The van der Waals surface area contributed by atoms with Gasteiger partial charge >= 0.3 is 0 Å². The van der Waals surface area contributed by atoms with Crippen molar-refractivity contribution in [2.45, 2.75) is 25.4 Å². The van der Waals surface area contributed by atoms with Crippen LogP contribution in [0, 0.1) is 5.92 Å². The molecule has 1 aliphatic heterocycles. The van der Waals surface area contributed by atoms with Gasteiger partial charge in [0.1, 0.15) is 12.4 Å². The molecule has 1 aliphatic carbocycles. The Labute approximate surface area is 173 Å². The lowest BCUT2D eigenvalue weighted by molar-refractivity contribution is -0.122. The van der Waals surface area contributed by atoms with Crippen LogP contribution in [0.3, 0.4) is 0 Å². The molecule has 2 aliphatic rings. The second-order valence-electron chi connectivity index (χ2n) is 8.03. The van der Waals surface area contributed by atoms with Crippen LogP contribution in [-0.4, -0.2) is 50.1 Å². The lowest BCUT2D eigenvalue weighted by Crippen LogP contribution is -2.44. The third kappa shape index (κ3) is 5.81. The van der Waals surface area contributed by atoms with Crippen LogP contribution in [0.5, 0.6) is 5.75 Å². The summed E-state index contributed by atoms with van der Waals surface area (Å²) in [7, 11) is 0. The first-order valence-corrected chi connectivity index (χ1v) is 10.8. The molecular weight excluding hydrogens is 362 g/mol. The molecule has 2 N–H and O–H groups in total. The Bertz CT molecular complexity index is 772. The summed E-state index contributed by atoms with van der Waals surface area (Å²) in [6.45, 7) is 6.80. The van der Waals surface area contributed by atoms with Gasteiger partial charge in [-0.25, -0.2) is 0 Å². The number of nitrogens with one attached hydrogen (secondary N) is 2. The third-order valence-corrected chi connectivity index (χ3v) is 5.84. The molecule has 2 aromatic carbocycles. The average molecular weight is 394 g/mol. The van der Waals surface area contributed by atoms with Gasteiger partial charge in [0.2, 0.25) is 5.91 Å². The maximum atomic E-state index is 12.4. The normalized spacial score (nSPS) is 21.5. The average Bonchev–Trinajstić information content (AvgIpc) is 3.58. The molecule has 1 amide bonds. The van der Waals surface area contributed by atoms with E-state index in [1.54, 1.807) is 0 Å². The van der Waals surface area contributed by atoms with Gasteiger partial charge in [-0.15, -0.1) is 0 Å². The first-order valence-electron chi connectivity index (χ1n) is 10.8.